The van der Waals surface area contributed by atoms with Crippen molar-refractivity contribution in [3.8, 4) is 17.6 Å². The first-order valence-corrected chi connectivity index (χ1v) is 6.13. The quantitative estimate of drug-likeness (QED) is 0.853. The Morgan fingerprint density at radius 3 is 2.67 bits per heavy atom. The van der Waals surface area contributed by atoms with E-state index in [4.69, 9.17) is 15.7 Å². The van der Waals surface area contributed by atoms with Crippen LogP contribution >= 0.6 is 15.9 Å². The minimum atomic E-state index is 0.556. The Balaban J connectivity index is 2.39. The van der Waals surface area contributed by atoms with E-state index >= 15 is 0 Å². The molecule has 0 spiro atoms. The zero-order valence-electron chi connectivity index (χ0n) is 9.77. The fraction of sp³-hybridized carbons (Fsp3) is 0.0714. The zero-order chi connectivity index (χ0) is 13.1. The molecule has 18 heavy (non-hydrogen) atoms. The van der Waals surface area contributed by atoms with Crippen molar-refractivity contribution in [3.05, 3.63) is 52.0 Å². The van der Waals surface area contributed by atoms with E-state index in [1.165, 1.54) is 0 Å². The largest absolute Gasteiger partial charge is 0.455 e. The normalized spacial score (nSPS) is 9.83. The third kappa shape index (κ3) is 2.63. The molecule has 0 saturated carbocycles. The molecule has 0 unspecified atom stereocenters. The van der Waals surface area contributed by atoms with Crippen LogP contribution in [0.25, 0.3) is 0 Å². The molecule has 0 heterocycles. The Morgan fingerprint density at radius 1 is 1.17 bits per heavy atom. The number of nitriles is 1. The van der Waals surface area contributed by atoms with Gasteiger partial charge in [-0.3, -0.25) is 0 Å². The summed E-state index contributed by atoms with van der Waals surface area (Å²) in [5.74, 6) is 1.21. The van der Waals surface area contributed by atoms with Crippen LogP contribution in [-0.2, 0) is 0 Å². The monoisotopic (exact) mass is 302 g/mol. The average molecular weight is 303 g/mol. The molecular weight excluding hydrogens is 292 g/mol. The van der Waals surface area contributed by atoms with Crippen LogP contribution in [0.3, 0.4) is 0 Å². The van der Waals surface area contributed by atoms with Gasteiger partial charge in [0.1, 0.15) is 5.75 Å². The summed E-state index contributed by atoms with van der Waals surface area (Å²) in [5, 5.41) is 8.88. The third-order valence-electron chi connectivity index (χ3n) is 2.51. The van der Waals surface area contributed by atoms with Crippen molar-refractivity contribution >= 4 is 21.6 Å². The van der Waals surface area contributed by atoms with E-state index in [9.17, 15) is 0 Å². The molecule has 0 aromatic heterocycles. The predicted molar refractivity (Wildman–Crippen MR) is 74.5 cm³/mol. The average Bonchev–Trinajstić information content (AvgIpc) is 2.36. The van der Waals surface area contributed by atoms with E-state index in [-0.39, 0.29) is 0 Å². The molecule has 90 valence electrons. The van der Waals surface area contributed by atoms with Gasteiger partial charge in [0.25, 0.3) is 0 Å². The summed E-state index contributed by atoms with van der Waals surface area (Å²) in [6.45, 7) is 1.92. The molecule has 3 nitrogen and oxygen atoms in total. The minimum Gasteiger partial charge on any atom is -0.455 e. The number of nitrogen functional groups attached to an aromatic ring is 1. The molecule has 0 radical (unpaired) electrons. The number of aryl methyl sites for hydroxylation is 1. The lowest BCUT2D eigenvalue weighted by Gasteiger charge is -2.11. The summed E-state index contributed by atoms with van der Waals surface area (Å²) in [5.41, 5.74) is 7.91. The highest BCUT2D eigenvalue weighted by Crippen LogP contribution is 2.32. The van der Waals surface area contributed by atoms with Crippen molar-refractivity contribution in [2.45, 2.75) is 6.92 Å². The topological polar surface area (TPSA) is 59.0 Å². The predicted octanol–water partition coefficient (Wildman–Crippen LogP) is 4.00. The Hall–Kier alpha value is -1.99. The zero-order valence-corrected chi connectivity index (χ0v) is 11.4. The van der Waals surface area contributed by atoms with Gasteiger partial charge < -0.3 is 10.5 Å². The van der Waals surface area contributed by atoms with Crippen molar-refractivity contribution in [3.63, 3.8) is 0 Å². The van der Waals surface area contributed by atoms with E-state index in [1.54, 1.807) is 24.3 Å². The molecule has 2 N–H and O–H groups in total. The van der Waals surface area contributed by atoms with E-state index in [0.717, 1.165) is 10.0 Å². The molecule has 0 aliphatic carbocycles. The molecule has 0 fully saturated rings. The lowest BCUT2D eigenvalue weighted by Crippen LogP contribution is -1.94. The fourth-order valence-corrected chi connectivity index (χ4v) is 1.83. The van der Waals surface area contributed by atoms with Gasteiger partial charge in [0, 0.05) is 4.47 Å². The lowest BCUT2D eigenvalue weighted by atomic mass is 10.1. The Kier molecular flexibility index (Phi) is 3.54. The summed E-state index contributed by atoms with van der Waals surface area (Å²) in [6, 6.07) is 12.8. The van der Waals surface area contributed by atoms with Gasteiger partial charge in [-0.05, 0) is 42.8 Å². The van der Waals surface area contributed by atoms with Crippen LogP contribution in [0.2, 0.25) is 0 Å². The summed E-state index contributed by atoms with van der Waals surface area (Å²) >= 11 is 3.37. The molecule has 0 bridgehead atoms. The SMILES string of the molecule is Cc1ccc(C#N)cc1Oc1cc(Br)ccc1N. The number of hydrogen-bond acceptors (Lipinski definition) is 3. The van der Waals surface area contributed by atoms with Gasteiger partial charge in [-0.1, -0.05) is 22.0 Å². The van der Waals surface area contributed by atoms with Gasteiger partial charge >= 0.3 is 0 Å². The maximum Gasteiger partial charge on any atom is 0.151 e. The lowest BCUT2D eigenvalue weighted by molar-refractivity contribution is 0.481. The van der Waals surface area contributed by atoms with Crippen LogP contribution in [0.15, 0.2) is 40.9 Å². The van der Waals surface area contributed by atoms with Crippen molar-refractivity contribution in [1.82, 2.24) is 0 Å². The summed E-state index contributed by atoms with van der Waals surface area (Å²) in [6.07, 6.45) is 0. The molecule has 2 aromatic rings. The Morgan fingerprint density at radius 2 is 1.94 bits per heavy atom. The molecule has 0 aliphatic rings. The number of benzene rings is 2. The van der Waals surface area contributed by atoms with E-state index in [1.807, 2.05) is 19.1 Å². The van der Waals surface area contributed by atoms with Crippen molar-refractivity contribution in [2.24, 2.45) is 0 Å². The first-order chi connectivity index (χ1) is 8.60. The van der Waals surface area contributed by atoms with Gasteiger partial charge in [0.15, 0.2) is 5.75 Å². The van der Waals surface area contributed by atoms with Gasteiger partial charge in [0.05, 0.1) is 17.3 Å². The fourth-order valence-electron chi connectivity index (χ4n) is 1.49. The first kappa shape index (κ1) is 12.5. The van der Waals surface area contributed by atoms with Gasteiger partial charge in [-0.2, -0.15) is 5.26 Å². The molecule has 2 aromatic carbocycles. The second-order valence-electron chi connectivity index (χ2n) is 3.88. The smallest absolute Gasteiger partial charge is 0.151 e. The highest BCUT2D eigenvalue weighted by atomic mass is 79.9. The van der Waals surface area contributed by atoms with Gasteiger partial charge in [-0.25, -0.2) is 0 Å². The molecular formula is C14H11BrN2O. The van der Waals surface area contributed by atoms with Crippen LogP contribution in [0.4, 0.5) is 5.69 Å². The third-order valence-corrected chi connectivity index (χ3v) is 3.01. The van der Waals surface area contributed by atoms with Crippen molar-refractivity contribution in [1.29, 1.82) is 5.26 Å². The summed E-state index contributed by atoms with van der Waals surface area (Å²) < 4.78 is 6.65. The van der Waals surface area contributed by atoms with Crippen LogP contribution < -0.4 is 10.5 Å². The second-order valence-corrected chi connectivity index (χ2v) is 4.79. The van der Waals surface area contributed by atoms with Crippen LogP contribution in [0, 0.1) is 18.3 Å². The minimum absolute atomic E-state index is 0.556. The van der Waals surface area contributed by atoms with E-state index < -0.39 is 0 Å². The first-order valence-electron chi connectivity index (χ1n) is 5.34. The second kappa shape index (κ2) is 5.11. The number of halogens is 1. The molecule has 0 atom stereocenters. The highest BCUT2D eigenvalue weighted by molar-refractivity contribution is 9.10. The maximum absolute atomic E-state index is 8.88. The van der Waals surface area contributed by atoms with E-state index in [0.29, 0.717) is 22.7 Å². The van der Waals surface area contributed by atoms with Gasteiger partial charge in [-0.15, -0.1) is 0 Å². The van der Waals surface area contributed by atoms with Crippen LogP contribution in [0.5, 0.6) is 11.5 Å². The number of anilines is 1. The van der Waals surface area contributed by atoms with E-state index in [2.05, 4.69) is 22.0 Å². The van der Waals surface area contributed by atoms with Crippen molar-refractivity contribution in [2.75, 3.05) is 5.73 Å². The highest BCUT2D eigenvalue weighted by Gasteiger charge is 2.06. The van der Waals surface area contributed by atoms with Crippen molar-refractivity contribution < 1.29 is 4.74 Å². The number of ether oxygens (including phenoxy) is 1. The number of hydrogen-bond donors (Lipinski definition) is 1. The molecule has 4 heteroatoms. The van der Waals surface area contributed by atoms with Gasteiger partial charge in [0.2, 0.25) is 0 Å². The number of rotatable bonds is 2. The molecule has 0 saturated heterocycles. The molecule has 0 amide bonds. The Bertz CT molecular complexity index is 632. The standard InChI is InChI=1S/C14H11BrN2O/c1-9-2-3-10(8-16)6-13(9)18-14-7-11(15)4-5-12(14)17/h2-7H,17H2,1H3. The number of nitrogens with zero attached hydrogens (tertiary/aromatic N) is 1. The van der Waals surface area contributed by atoms with Crippen LogP contribution in [0.1, 0.15) is 11.1 Å². The Labute approximate surface area is 114 Å². The molecule has 2 rings (SSSR count). The number of nitrogens with two attached hydrogens (primary N) is 1. The summed E-state index contributed by atoms with van der Waals surface area (Å²) in [4.78, 5) is 0. The van der Waals surface area contributed by atoms with Crippen LogP contribution in [-0.4, -0.2) is 0 Å². The summed E-state index contributed by atoms with van der Waals surface area (Å²) in [7, 11) is 0. The maximum atomic E-state index is 8.88. The molecule has 0 aliphatic heterocycles.